The van der Waals surface area contributed by atoms with E-state index in [0.717, 1.165) is 30.8 Å². The second-order valence-corrected chi connectivity index (χ2v) is 5.13. The van der Waals surface area contributed by atoms with Crippen molar-refractivity contribution in [3.8, 4) is 0 Å². The van der Waals surface area contributed by atoms with Gasteiger partial charge in [0.2, 0.25) is 0 Å². The first-order valence-electron chi connectivity index (χ1n) is 6.56. The van der Waals surface area contributed by atoms with Gasteiger partial charge in [-0.3, -0.25) is 0 Å². The number of rotatable bonds is 8. The average molecular weight is 243 g/mol. The Kier molecular flexibility index (Phi) is 7.48. The van der Waals surface area contributed by atoms with Crippen molar-refractivity contribution in [2.24, 2.45) is 5.92 Å². The Morgan fingerprint density at radius 2 is 1.88 bits per heavy atom. The highest BCUT2D eigenvalue weighted by atomic mass is 16.5. The van der Waals surface area contributed by atoms with Gasteiger partial charge in [0, 0.05) is 12.5 Å². The molecule has 0 radical (unpaired) electrons. The van der Waals surface area contributed by atoms with Crippen LogP contribution in [0.3, 0.4) is 0 Å². The summed E-state index contributed by atoms with van der Waals surface area (Å²) < 4.78 is 5.76. The smallest absolute Gasteiger partial charge is 0.0946 e. The highest BCUT2D eigenvalue weighted by Gasteiger charge is 2.18. The molecule has 0 aliphatic rings. The van der Waals surface area contributed by atoms with E-state index in [9.17, 15) is 5.11 Å². The number of hydrogen-bond donors (Lipinski definition) is 2. The molecule has 0 heterocycles. The molecule has 0 fully saturated rings. The van der Waals surface area contributed by atoms with Crippen molar-refractivity contribution in [2.75, 3.05) is 19.7 Å². The number of aliphatic hydroxyl groups is 1. The summed E-state index contributed by atoms with van der Waals surface area (Å²) in [5, 5.41) is 13.2. The van der Waals surface area contributed by atoms with Crippen LogP contribution in [0.15, 0.2) is 11.3 Å². The van der Waals surface area contributed by atoms with Gasteiger partial charge in [-0.1, -0.05) is 13.8 Å². The maximum absolute atomic E-state index is 9.87. The lowest BCUT2D eigenvalue weighted by molar-refractivity contribution is 0.101. The summed E-state index contributed by atoms with van der Waals surface area (Å²) in [6.45, 7) is 14.4. The van der Waals surface area contributed by atoms with Gasteiger partial charge in [0.1, 0.15) is 0 Å². The van der Waals surface area contributed by atoms with Crippen LogP contribution in [-0.4, -0.2) is 30.4 Å². The Hall–Kier alpha value is -0.540. The maximum atomic E-state index is 9.87. The molecule has 1 unspecified atom stereocenters. The molecule has 1 atom stereocenters. The molecule has 17 heavy (non-hydrogen) atoms. The molecule has 0 saturated heterocycles. The van der Waals surface area contributed by atoms with Gasteiger partial charge in [-0.2, -0.15) is 0 Å². The van der Waals surface area contributed by atoms with Gasteiger partial charge in [-0.05, 0) is 46.2 Å². The van der Waals surface area contributed by atoms with E-state index in [1.54, 1.807) is 13.8 Å². The molecular formula is C14H29NO2. The van der Waals surface area contributed by atoms with E-state index in [4.69, 9.17) is 4.74 Å². The third-order valence-corrected chi connectivity index (χ3v) is 3.24. The standard InChI is InChI=1S/C14H29NO2/c1-7-13(9-15-8-2)10-17-12(4)11(3)14(5,6)16/h13,15-16H,7-10H2,1-6H3. The van der Waals surface area contributed by atoms with E-state index >= 15 is 0 Å². The summed E-state index contributed by atoms with van der Waals surface area (Å²) in [6.07, 6.45) is 1.10. The molecule has 0 amide bonds. The third-order valence-electron chi connectivity index (χ3n) is 3.24. The lowest BCUT2D eigenvalue weighted by atomic mass is 9.99. The molecule has 102 valence electrons. The van der Waals surface area contributed by atoms with Gasteiger partial charge in [-0.25, -0.2) is 0 Å². The number of allylic oxidation sites excluding steroid dienone is 1. The molecule has 0 bridgehead atoms. The van der Waals surface area contributed by atoms with Crippen molar-refractivity contribution in [1.29, 1.82) is 0 Å². The highest BCUT2D eigenvalue weighted by Crippen LogP contribution is 2.20. The molecule has 0 aliphatic heterocycles. The van der Waals surface area contributed by atoms with Gasteiger partial charge in [0.25, 0.3) is 0 Å². The van der Waals surface area contributed by atoms with E-state index in [1.165, 1.54) is 0 Å². The van der Waals surface area contributed by atoms with Crippen LogP contribution in [0.1, 0.15) is 48.0 Å². The van der Waals surface area contributed by atoms with Crippen LogP contribution < -0.4 is 5.32 Å². The molecule has 0 aromatic carbocycles. The Morgan fingerprint density at radius 3 is 2.29 bits per heavy atom. The summed E-state index contributed by atoms with van der Waals surface area (Å²) in [7, 11) is 0. The summed E-state index contributed by atoms with van der Waals surface area (Å²) in [4.78, 5) is 0. The van der Waals surface area contributed by atoms with Crippen LogP contribution in [0, 0.1) is 5.92 Å². The van der Waals surface area contributed by atoms with E-state index in [2.05, 4.69) is 19.2 Å². The van der Waals surface area contributed by atoms with Crippen molar-refractivity contribution >= 4 is 0 Å². The first-order valence-corrected chi connectivity index (χ1v) is 6.56. The largest absolute Gasteiger partial charge is 0.498 e. The lowest BCUT2D eigenvalue weighted by Crippen LogP contribution is -2.26. The molecule has 0 saturated carbocycles. The molecule has 0 rings (SSSR count). The molecule has 0 spiro atoms. The maximum Gasteiger partial charge on any atom is 0.0946 e. The van der Waals surface area contributed by atoms with Crippen LogP contribution in [0.2, 0.25) is 0 Å². The van der Waals surface area contributed by atoms with Gasteiger partial charge in [0.15, 0.2) is 0 Å². The van der Waals surface area contributed by atoms with Gasteiger partial charge >= 0.3 is 0 Å². The monoisotopic (exact) mass is 243 g/mol. The topological polar surface area (TPSA) is 41.5 Å². The molecule has 3 heteroatoms. The van der Waals surface area contributed by atoms with Crippen molar-refractivity contribution < 1.29 is 9.84 Å². The zero-order valence-corrected chi connectivity index (χ0v) is 12.3. The summed E-state index contributed by atoms with van der Waals surface area (Å²) in [5.74, 6) is 1.37. The third kappa shape index (κ3) is 6.69. The summed E-state index contributed by atoms with van der Waals surface area (Å²) >= 11 is 0. The quantitative estimate of drug-likeness (QED) is 0.644. The molecule has 2 N–H and O–H groups in total. The van der Waals surface area contributed by atoms with Crippen LogP contribution in [0.5, 0.6) is 0 Å². The molecular weight excluding hydrogens is 214 g/mol. The number of ether oxygens (including phenoxy) is 1. The first kappa shape index (κ1) is 16.5. The Labute approximate surface area is 106 Å². The Bertz CT molecular complexity index is 241. The average Bonchev–Trinajstić information content (AvgIpc) is 2.26. The van der Waals surface area contributed by atoms with E-state index in [-0.39, 0.29) is 0 Å². The SMILES string of the molecule is CCNCC(CC)COC(C)=C(C)C(C)(C)O. The fourth-order valence-corrected chi connectivity index (χ4v) is 1.45. The molecule has 3 nitrogen and oxygen atoms in total. The van der Waals surface area contributed by atoms with Crippen LogP contribution in [0.4, 0.5) is 0 Å². The molecule has 0 aromatic heterocycles. The minimum absolute atomic E-state index is 0.527. The van der Waals surface area contributed by atoms with Crippen molar-refractivity contribution in [3.05, 3.63) is 11.3 Å². The first-order chi connectivity index (χ1) is 7.82. The number of hydrogen-bond acceptors (Lipinski definition) is 3. The van der Waals surface area contributed by atoms with Gasteiger partial charge in [0.05, 0.1) is 18.0 Å². The van der Waals surface area contributed by atoms with Crippen molar-refractivity contribution in [1.82, 2.24) is 5.32 Å². The van der Waals surface area contributed by atoms with Crippen molar-refractivity contribution in [2.45, 2.75) is 53.6 Å². The van der Waals surface area contributed by atoms with Crippen LogP contribution in [0.25, 0.3) is 0 Å². The highest BCUT2D eigenvalue weighted by molar-refractivity contribution is 5.13. The minimum Gasteiger partial charge on any atom is -0.498 e. The summed E-state index contributed by atoms with van der Waals surface area (Å²) in [6, 6.07) is 0. The predicted molar refractivity (Wildman–Crippen MR) is 72.9 cm³/mol. The summed E-state index contributed by atoms with van der Waals surface area (Å²) in [5.41, 5.74) is 0.101. The van der Waals surface area contributed by atoms with Gasteiger partial charge < -0.3 is 15.2 Å². The fraction of sp³-hybridized carbons (Fsp3) is 0.857. The van der Waals surface area contributed by atoms with E-state index < -0.39 is 5.60 Å². The Morgan fingerprint density at radius 1 is 1.29 bits per heavy atom. The normalized spacial score (nSPS) is 15.5. The zero-order chi connectivity index (χ0) is 13.5. The van der Waals surface area contributed by atoms with Crippen LogP contribution in [-0.2, 0) is 4.74 Å². The number of nitrogens with one attached hydrogen (secondary N) is 1. The second kappa shape index (κ2) is 7.72. The molecule has 0 aromatic rings. The fourth-order valence-electron chi connectivity index (χ4n) is 1.45. The predicted octanol–water partition coefficient (Wildman–Crippen LogP) is 2.70. The van der Waals surface area contributed by atoms with E-state index in [0.29, 0.717) is 12.5 Å². The van der Waals surface area contributed by atoms with E-state index in [1.807, 2.05) is 13.8 Å². The molecule has 0 aliphatic carbocycles. The lowest BCUT2D eigenvalue weighted by Gasteiger charge is -2.23. The van der Waals surface area contributed by atoms with Gasteiger partial charge in [-0.15, -0.1) is 0 Å². The van der Waals surface area contributed by atoms with Crippen molar-refractivity contribution in [3.63, 3.8) is 0 Å². The second-order valence-electron chi connectivity index (χ2n) is 5.13. The van der Waals surface area contributed by atoms with Crippen LogP contribution >= 0.6 is 0 Å². The minimum atomic E-state index is -0.798. The zero-order valence-electron chi connectivity index (χ0n) is 12.3. The Balaban J connectivity index is 4.25.